The average molecular weight is 286 g/mol. The van der Waals surface area contributed by atoms with Crippen LogP contribution in [0.3, 0.4) is 0 Å². The van der Waals surface area contributed by atoms with E-state index in [1.54, 1.807) is 0 Å². The number of rotatable bonds is 10. The average Bonchev–Trinajstić information content (AvgIpc) is 3.23. The lowest BCUT2D eigenvalue weighted by Crippen LogP contribution is -2.36. The maximum absolute atomic E-state index is 12.4. The molecule has 0 aliphatic heterocycles. The molecule has 0 bridgehead atoms. The van der Waals surface area contributed by atoms with Crippen molar-refractivity contribution in [3.8, 4) is 0 Å². The molecular weight excluding hydrogens is 260 g/mol. The number of hydrogen-bond acceptors (Lipinski definition) is 3. The van der Waals surface area contributed by atoms with Gasteiger partial charge in [0.2, 0.25) is 10.0 Å². The summed E-state index contributed by atoms with van der Waals surface area (Å²) in [5.41, 5.74) is 0. The first-order valence-electron chi connectivity index (χ1n) is 7.88. The SMILES string of the molecule is O=S(=O)(CCCCNC1CC1)N(CC1CC1)C1CC1. The highest BCUT2D eigenvalue weighted by Crippen LogP contribution is 2.36. The van der Waals surface area contributed by atoms with Crippen molar-refractivity contribution >= 4 is 10.0 Å². The molecule has 0 spiro atoms. The van der Waals surface area contributed by atoms with E-state index in [1.165, 1.54) is 25.7 Å². The van der Waals surface area contributed by atoms with Gasteiger partial charge >= 0.3 is 0 Å². The smallest absolute Gasteiger partial charge is 0.214 e. The van der Waals surface area contributed by atoms with Crippen molar-refractivity contribution in [2.24, 2.45) is 5.92 Å². The molecule has 5 heteroatoms. The second-order valence-corrected chi connectivity index (χ2v) is 8.54. The Kier molecular flexibility index (Phi) is 4.15. The third kappa shape index (κ3) is 4.43. The van der Waals surface area contributed by atoms with Gasteiger partial charge in [-0.2, -0.15) is 4.31 Å². The summed E-state index contributed by atoms with van der Waals surface area (Å²) in [5, 5.41) is 3.44. The first-order valence-corrected chi connectivity index (χ1v) is 9.49. The number of hydrogen-bond donors (Lipinski definition) is 1. The highest BCUT2D eigenvalue weighted by Gasteiger charge is 2.39. The molecular formula is C14H26N2O2S. The third-order valence-corrected chi connectivity index (χ3v) is 6.25. The zero-order chi connectivity index (χ0) is 13.3. The normalized spacial score (nSPS) is 24.1. The van der Waals surface area contributed by atoms with Crippen molar-refractivity contribution in [1.29, 1.82) is 0 Å². The maximum atomic E-state index is 12.4. The van der Waals surface area contributed by atoms with Crippen molar-refractivity contribution < 1.29 is 8.42 Å². The zero-order valence-electron chi connectivity index (χ0n) is 11.7. The monoisotopic (exact) mass is 286 g/mol. The molecule has 4 nitrogen and oxygen atoms in total. The fourth-order valence-electron chi connectivity index (χ4n) is 2.53. The van der Waals surface area contributed by atoms with Crippen molar-refractivity contribution in [2.75, 3.05) is 18.8 Å². The summed E-state index contributed by atoms with van der Waals surface area (Å²) < 4.78 is 26.6. The molecule has 0 aromatic heterocycles. The largest absolute Gasteiger partial charge is 0.314 e. The molecule has 1 N–H and O–H groups in total. The van der Waals surface area contributed by atoms with Crippen LogP contribution < -0.4 is 5.32 Å². The van der Waals surface area contributed by atoms with Gasteiger partial charge in [0.25, 0.3) is 0 Å². The minimum absolute atomic E-state index is 0.343. The highest BCUT2D eigenvalue weighted by atomic mass is 32.2. The lowest BCUT2D eigenvalue weighted by molar-refractivity contribution is 0.387. The molecule has 3 fully saturated rings. The quantitative estimate of drug-likeness (QED) is 0.622. The second-order valence-electron chi connectivity index (χ2n) is 6.50. The van der Waals surface area contributed by atoms with Crippen LogP contribution in [0.25, 0.3) is 0 Å². The van der Waals surface area contributed by atoms with Crippen LogP contribution in [0.15, 0.2) is 0 Å². The fraction of sp³-hybridized carbons (Fsp3) is 1.00. The molecule has 3 aliphatic carbocycles. The van der Waals surface area contributed by atoms with Gasteiger partial charge in [0, 0.05) is 18.6 Å². The van der Waals surface area contributed by atoms with Crippen LogP contribution in [0.4, 0.5) is 0 Å². The lowest BCUT2D eigenvalue weighted by Gasteiger charge is -2.21. The van der Waals surface area contributed by atoms with E-state index in [4.69, 9.17) is 0 Å². The molecule has 3 saturated carbocycles. The van der Waals surface area contributed by atoms with Gasteiger partial charge in [-0.1, -0.05) is 0 Å². The number of unbranched alkanes of at least 4 members (excludes halogenated alkanes) is 1. The fourth-order valence-corrected chi connectivity index (χ4v) is 4.43. The lowest BCUT2D eigenvalue weighted by atomic mass is 10.3. The molecule has 0 aromatic carbocycles. The Morgan fingerprint density at radius 1 is 1.00 bits per heavy atom. The van der Waals surface area contributed by atoms with E-state index in [0.717, 1.165) is 44.8 Å². The van der Waals surface area contributed by atoms with Crippen LogP contribution in [0.1, 0.15) is 51.4 Å². The summed E-state index contributed by atoms with van der Waals surface area (Å²) >= 11 is 0. The summed E-state index contributed by atoms with van der Waals surface area (Å²) in [5.74, 6) is 1.01. The van der Waals surface area contributed by atoms with E-state index < -0.39 is 10.0 Å². The van der Waals surface area contributed by atoms with E-state index >= 15 is 0 Å². The molecule has 0 aromatic rings. The Bertz CT molecular complexity index is 398. The first kappa shape index (κ1) is 13.8. The number of sulfonamides is 1. The molecule has 0 atom stereocenters. The Morgan fingerprint density at radius 2 is 1.74 bits per heavy atom. The van der Waals surface area contributed by atoms with Gasteiger partial charge in [0.05, 0.1) is 5.75 Å². The standard InChI is InChI=1S/C14H26N2O2S/c17-19(18,10-2-1-9-15-13-5-6-13)16(14-7-8-14)11-12-3-4-12/h12-15H,1-11H2. The van der Waals surface area contributed by atoms with E-state index in [9.17, 15) is 8.42 Å². The van der Waals surface area contributed by atoms with Gasteiger partial charge in [-0.25, -0.2) is 8.42 Å². The minimum atomic E-state index is -2.99. The van der Waals surface area contributed by atoms with Gasteiger partial charge in [-0.3, -0.25) is 0 Å². The molecule has 0 amide bonds. The van der Waals surface area contributed by atoms with Crippen LogP contribution in [0, 0.1) is 5.92 Å². The third-order valence-electron chi connectivity index (χ3n) is 4.29. The van der Waals surface area contributed by atoms with Crippen molar-refractivity contribution in [3.63, 3.8) is 0 Å². The summed E-state index contributed by atoms with van der Waals surface area (Å²) in [6.07, 6.45) is 9.00. The summed E-state index contributed by atoms with van der Waals surface area (Å²) in [6.45, 7) is 1.78. The zero-order valence-corrected chi connectivity index (χ0v) is 12.5. The van der Waals surface area contributed by atoms with Crippen molar-refractivity contribution in [3.05, 3.63) is 0 Å². The summed E-state index contributed by atoms with van der Waals surface area (Å²) in [7, 11) is -2.99. The van der Waals surface area contributed by atoms with Crippen LogP contribution in [0.2, 0.25) is 0 Å². The van der Waals surface area contributed by atoms with Gasteiger partial charge in [0.15, 0.2) is 0 Å². The van der Waals surface area contributed by atoms with Gasteiger partial charge in [-0.05, 0) is 63.8 Å². The van der Waals surface area contributed by atoms with Crippen LogP contribution >= 0.6 is 0 Å². The molecule has 110 valence electrons. The molecule has 3 aliphatic rings. The Balaban J connectivity index is 1.40. The van der Waals surface area contributed by atoms with Crippen LogP contribution in [0.5, 0.6) is 0 Å². The molecule has 0 heterocycles. The number of nitrogens with one attached hydrogen (secondary N) is 1. The molecule has 0 saturated heterocycles. The molecule has 0 unspecified atom stereocenters. The highest BCUT2D eigenvalue weighted by molar-refractivity contribution is 7.89. The topological polar surface area (TPSA) is 49.4 Å². The van der Waals surface area contributed by atoms with Gasteiger partial charge in [-0.15, -0.1) is 0 Å². The molecule has 0 radical (unpaired) electrons. The van der Waals surface area contributed by atoms with Crippen LogP contribution in [-0.2, 0) is 10.0 Å². The van der Waals surface area contributed by atoms with E-state index in [2.05, 4.69) is 5.32 Å². The van der Waals surface area contributed by atoms with Crippen LogP contribution in [-0.4, -0.2) is 43.6 Å². The van der Waals surface area contributed by atoms with E-state index in [0.29, 0.717) is 17.7 Å². The minimum Gasteiger partial charge on any atom is -0.314 e. The molecule has 19 heavy (non-hydrogen) atoms. The Hall–Kier alpha value is -0.130. The second kappa shape index (κ2) is 5.70. The van der Waals surface area contributed by atoms with Crippen molar-refractivity contribution in [1.82, 2.24) is 9.62 Å². The maximum Gasteiger partial charge on any atom is 0.214 e. The van der Waals surface area contributed by atoms with E-state index in [-0.39, 0.29) is 0 Å². The Morgan fingerprint density at radius 3 is 2.32 bits per heavy atom. The predicted octanol–water partition coefficient (Wildman–Crippen LogP) is 1.72. The first-order chi connectivity index (χ1) is 9.15. The van der Waals surface area contributed by atoms with E-state index in [1.807, 2.05) is 4.31 Å². The molecule has 3 rings (SSSR count). The van der Waals surface area contributed by atoms with Crippen molar-refractivity contribution in [2.45, 2.75) is 63.5 Å². The van der Waals surface area contributed by atoms with Gasteiger partial charge in [0.1, 0.15) is 0 Å². The number of nitrogens with zero attached hydrogens (tertiary/aromatic N) is 1. The predicted molar refractivity (Wildman–Crippen MR) is 76.5 cm³/mol. The van der Waals surface area contributed by atoms with Gasteiger partial charge < -0.3 is 5.32 Å². The Labute approximate surface area is 117 Å². The summed E-state index contributed by atoms with van der Waals surface area (Å²) in [6, 6.07) is 1.07. The summed E-state index contributed by atoms with van der Waals surface area (Å²) in [4.78, 5) is 0.